The third-order valence-electron chi connectivity index (χ3n) is 4.56. The Bertz CT molecular complexity index is 1380. The van der Waals surface area contributed by atoms with Gasteiger partial charge in [0.2, 0.25) is 9.93 Å². The van der Waals surface area contributed by atoms with Gasteiger partial charge in [-0.1, -0.05) is 30.0 Å². The molecule has 35 heavy (non-hydrogen) atoms. The number of aliphatic carboxylic acids is 1. The predicted octanol–water partition coefficient (Wildman–Crippen LogP) is 1.86. The first-order valence-corrected chi connectivity index (χ1v) is 12.4. The number of nitrogens with one attached hydrogen (secondary N) is 3. The summed E-state index contributed by atoms with van der Waals surface area (Å²) in [4.78, 5) is 28.0. The lowest BCUT2D eigenvalue weighted by Gasteiger charge is -2.11. The van der Waals surface area contributed by atoms with Gasteiger partial charge in [-0.25, -0.2) is 14.3 Å². The van der Waals surface area contributed by atoms with E-state index in [0.29, 0.717) is 38.9 Å². The summed E-state index contributed by atoms with van der Waals surface area (Å²) in [6, 6.07) is 8.78. The van der Waals surface area contributed by atoms with Crippen LogP contribution >= 0.6 is 35.3 Å². The number of nitrogens with zero attached hydrogens (tertiary/aromatic N) is 6. The zero-order chi connectivity index (χ0) is 24.8. The Morgan fingerprint density at radius 1 is 1.23 bits per heavy atom. The SMILES string of the molecule is Nn1c(CSc2nnc(Cc3csc(NCCC(=O)O)n3)n2NC(=O)c2ccccc2)n[nH]c1=S. The molecule has 0 spiro atoms. The van der Waals surface area contributed by atoms with Gasteiger partial charge in [-0.3, -0.25) is 20.1 Å². The smallest absolute Gasteiger partial charge is 0.305 e. The molecule has 4 rings (SSSR count). The average molecular weight is 533 g/mol. The molecule has 0 aliphatic heterocycles. The lowest BCUT2D eigenvalue weighted by atomic mass is 10.2. The predicted molar refractivity (Wildman–Crippen MR) is 133 cm³/mol. The molecule has 13 nitrogen and oxygen atoms in total. The van der Waals surface area contributed by atoms with E-state index in [9.17, 15) is 9.59 Å². The number of anilines is 1. The zero-order valence-electron chi connectivity index (χ0n) is 18.0. The summed E-state index contributed by atoms with van der Waals surface area (Å²) in [5, 5.41) is 29.8. The summed E-state index contributed by atoms with van der Waals surface area (Å²) < 4.78 is 3.07. The van der Waals surface area contributed by atoms with E-state index >= 15 is 0 Å². The number of carbonyl (C=O) groups is 2. The van der Waals surface area contributed by atoms with Gasteiger partial charge in [-0.15, -0.1) is 21.5 Å². The van der Waals surface area contributed by atoms with Gasteiger partial charge in [-0.2, -0.15) is 5.10 Å². The fourth-order valence-corrected chi connectivity index (χ4v) is 4.58. The van der Waals surface area contributed by atoms with Crippen LogP contribution in [-0.2, 0) is 17.0 Å². The molecule has 0 aliphatic rings. The highest BCUT2D eigenvalue weighted by Crippen LogP contribution is 2.23. The molecule has 0 radical (unpaired) electrons. The van der Waals surface area contributed by atoms with Crippen molar-refractivity contribution in [1.82, 2.24) is 34.7 Å². The number of rotatable bonds is 11. The third kappa shape index (κ3) is 6.23. The fourth-order valence-electron chi connectivity index (χ4n) is 2.85. The van der Waals surface area contributed by atoms with E-state index in [4.69, 9.17) is 23.2 Å². The van der Waals surface area contributed by atoms with Crippen LogP contribution in [0.15, 0.2) is 40.9 Å². The van der Waals surface area contributed by atoms with E-state index < -0.39 is 5.97 Å². The molecule has 1 aromatic carbocycles. The average Bonchev–Trinajstić information content (AvgIpc) is 3.54. The molecule has 0 bridgehead atoms. The minimum absolute atomic E-state index is 0.0128. The van der Waals surface area contributed by atoms with Crippen molar-refractivity contribution in [2.45, 2.75) is 23.8 Å². The van der Waals surface area contributed by atoms with Crippen LogP contribution in [0.1, 0.15) is 34.1 Å². The molecule has 0 aliphatic carbocycles. The molecule has 0 atom stereocenters. The Morgan fingerprint density at radius 2 is 2.03 bits per heavy atom. The number of thiazole rings is 1. The second-order valence-corrected chi connectivity index (χ2v) is 9.22. The van der Waals surface area contributed by atoms with Crippen molar-refractivity contribution in [3.63, 3.8) is 0 Å². The molecule has 1 amide bonds. The molecule has 0 fully saturated rings. The van der Waals surface area contributed by atoms with E-state index in [1.54, 1.807) is 24.3 Å². The molecule has 6 N–H and O–H groups in total. The largest absolute Gasteiger partial charge is 0.481 e. The summed E-state index contributed by atoms with van der Waals surface area (Å²) in [5.41, 5.74) is 4.01. The Hall–Kier alpha value is -3.76. The van der Waals surface area contributed by atoms with Gasteiger partial charge in [0.25, 0.3) is 5.91 Å². The lowest BCUT2D eigenvalue weighted by Crippen LogP contribution is -2.25. The molecule has 0 saturated heterocycles. The number of hydrogen-bond acceptors (Lipinski definition) is 11. The van der Waals surface area contributed by atoms with E-state index in [1.807, 2.05) is 11.4 Å². The minimum atomic E-state index is -0.888. The number of nitrogen functional groups attached to an aromatic ring is 1. The van der Waals surface area contributed by atoms with Gasteiger partial charge < -0.3 is 16.3 Å². The maximum absolute atomic E-state index is 12.9. The molecule has 0 saturated carbocycles. The number of hydrogen-bond donors (Lipinski definition) is 5. The molecular formula is C19H20N10O3S3. The van der Waals surface area contributed by atoms with Crippen molar-refractivity contribution in [3.8, 4) is 0 Å². The summed E-state index contributed by atoms with van der Waals surface area (Å²) in [7, 11) is 0. The Kier molecular flexibility index (Phi) is 7.74. The quantitative estimate of drug-likeness (QED) is 0.108. The number of H-pyrrole nitrogens is 1. The van der Waals surface area contributed by atoms with E-state index in [1.165, 1.54) is 32.5 Å². The zero-order valence-corrected chi connectivity index (χ0v) is 20.5. The maximum Gasteiger partial charge on any atom is 0.305 e. The highest BCUT2D eigenvalue weighted by molar-refractivity contribution is 7.98. The number of nitrogens with two attached hydrogens (primary N) is 1. The lowest BCUT2D eigenvalue weighted by molar-refractivity contribution is -0.136. The third-order valence-corrected chi connectivity index (χ3v) is 6.63. The van der Waals surface area contributed by atoms with Gasteiger partial charge in [-0.05, 0) is 24.4 Å². The van der Waals surface area contributed by atoms with Crippen LogP contribution in [-0.4, -0.2) is 58.3 Å². The van der Waals surface area contributed by atoms with Gasteiger partial charge in [0.15, 0.2) is 16.8 Å². The summed E-state index contributed by atoms with van der Waals surface area (Å²) in [6.07, 6.45) is 0.274. The van der Waals surface area contributed by atoms with Crippen LogP contribution in [0.3, 0.4) is 0 Å². The second kappa shape index (κ2) is 11.1. The normalized spacial score (nSPS) is 10.9. The van der Waals surface area contributed by atoms with Gasteiger partial charge >= 0.3 is 5.97 Å². The minimum Gasteiger partial charge on any atom is -0.481 e. The molecule has 3 aromatic heterocycles. The van der Waals surface area contributed by atoms with Crippen LogP contribution in [0.2, 0.25) is 0 Å². The van der Waals surface area contributed by atoms with Crippen molar-refractivity contribution in [1.29, 1.82) is 0 Å². The molecule has 3 heterocycles. The summed E-state index contributed by atoms with van der Waals surface area (Å²) >= 11 is 7.67. The van der Waals surface area contributed by atoms with Crippen molar-refractivity contribution in [3.05, 3.63) is 63.4 Å². The topological polar surface area (TPSA) is 182 Å². The van der Waals surface area contributed by atoms with Crippen LogP contribution in [0, 0.1) is 4.77 Å². The molecule has 16 heteroatoms. The number of carboxylic acid groups (broad SMARTS) is 1. The number of carboxylic acids is 1. The summed E-state index contributed by atoms with van der Waals surface area (Å²) in [5.74, 6) is 5.95. The monoisotopic (exact) mass is 532 g/mol. The van der Waals surface area contributed by atoms with Crippen LogP contribution in [0.5, 0.6) is 0 Å². The number of carbonyl (C=O) groups excluding carboxylic acids is 1. The van der Waals surface area contributed by atoms with E-state index in [-0.39, 0.29) is 30.1 Å². The summed E-state index contributed by atoms with van der Waals surface area (Å²) in [6.45, 7) is 0.271. The second-order valence-electron chi connectivity index (χ2n) is 7.04. The van der Waals surface area contributed by atoms with Crippen LogP contribution in [0.4, 0.5) is 5.13 Å². The van der Waals surface area contributed by atoms with E-state index in [2.05, 4.69) is 36.1 Å². The molecular weight excluding hydrogens is 512 g/mol. The van der Waals surface area contributed by atoms with Gasteiger partial charge in [0.05, 0.1) is 24.3 Å². The molecule has 4 aromatic rings. The fraction of sp³-hybridized carbons (Fsp3) is 0.211. The molecule has 0 unspecified atom stereocenters. The van der Waals surface area contributed by atoms with E-state index in [0.717, 1.165) is 0 Å². The Labute approximate surface area is 211 Å². The van der Waals surface area contributed by atoms with Gasteiger partial charge in [0.1, 0.15) is 0 Å². The van der Waals surface area contributed by atoms with Crippen molar-refractivity contribution in [2.75, 3.05) is 23.1 Å². The number of aromatic nitrogens is 7. The van der Waals surface area contributed by atoms with Crippen molar-refractivity contribution in [2.24, 2.45) is 0 Å². The highest BCUT2D eigenvalue weighted by atomic mass is 32.2. The van der Waals surface area contributed by atoms with Crippen molar-refractivity contribution >= 4 is 52.3 Å². The Morgan fingerprint density at radius 3 is 2.74 bits per heavy atom. The first-order chi connectivity index (χ1) is 16.9. The number of amides is 1. The number of benzene rings is 1. The molecule has 182 valence electrons. The van der Waals surface area contributed by atoms with Crippen LogP contribution < -0.4 is 16.6 Å². The number of aromatic amines is 1. The van der Waals surface area contributed by atoms with Gasteiger partial charge in [0, 0.05) is 17.5 Å². The maximum atomic E-state index is 12.9. The standard InChI is InChI=1S/C19H20N10O3S3/c20-28-14(24-25-18(28)33)10-35-19-26-23-13(29(19)27-16(32)11-4-2-1-3-5-11)8-12-9-34-17(22-12)21-7-6-15(30)31/h1-5,9H,6-8,10,20H2,(H,21,22)(H,25,33)(H,27,32)(H,30,31). The first-order valence-electron chi connectivity index (χ1n) is 10.2. The highest BCUT2D eigenvalue weighted by Gasteiger charge is 2.19. The van der Waals surface area contributed by atoms with Crippen molar-refractivity contribution < 1.29 is 14.7 Å². The first kappa shape index (κ1) is 24.4. The Balaban J connectivity index is 1.53. The van der Waals surface area contributed by atoms with Crippen LogP contribution in [0.25, 0.3) is 0 Å². The number of thioether (sulfide) groups is 1.